The Morgan fingerprint density at radius 1 is 1.28 bits per heavy atom. The van der Waals surface area contributed by atoms with Gasteiger partial charge in [-0.2, -0.15) is 0 Å². The van der Waals surface area contributed by atoms with Crippen LogP contribution in [-0.4, -0.2) is 19.1 Å². The molecule has 0 fully saturated rings. The minimum absolute atomic E-state index is 0.132. The lowest BCUT2D eigenvalue weighted by atomic mass is 9.91. The Morgan fingerprint density at radius 3 is 2.22 bits per heavy atom. The Bertz CT molecular complexity index is 467. The summed E-state index contributed by atoms with van der Waals surface area (Å²) in [6.45, 7) is 5.84. The first kappa shape index (κ1) is 15.6. The Morgan fingerprint density at radius 2 is 1.83 bits per heavy atom. The molecule has 0 aliphatic carbocycles. The summed E-state index contributed by atoms with van der Waals surface area (Å²) in [4.78, 5) is 0. The van der Waals surface area contributed by atoms with E-state index in [4.69, 9.17) is 5.11 Å². The van der Waals surface area contributed by atoms with Crippen molar-refractivity contribution in [3.05, 3.63) is 17.0 Å². The van der Waals surface area contributed by atoms with Crippen molar-refractivity contribution < 1.29 is 13.5 Å². The Labute approximate surface area is 113 Å². The molecule has 0 aliphatic heterocycles. The molecule has 4 nitrogen and oxygen atoms in total. The molecule has 0 saturated carbocycles. The number of thiophene rings is 1. The van der Waals surface area contributed by atoms with E-state index in [-0.39, 0.29) is 16.4 Å². The molecular formula is C12H21NO3S2. The van der Waals surface area contributed by atoms with Crippen LogP contribution in [0.1, 0.15) is 45.6 Å². The highest BCUT2D eigenvalue weighted by molar-refractivity contribution is 7.91. The molecule has 2 N–H and O–H groups in total. The summed E-state index contributed by atoms with van der Waals surface area (Å²) in [6.07, 6.45) is 2.28. The molecule has 0 saturated heterocycles. The van der Waals surface area contributed by atoms with Crippen molar-refractivity contribution in [2.45, 2.75) is 56.4 Å². The van der Waals surface area contributed by atoms with E-state index in [9.17, 15) is 8.42 Å². The summed E-state index contributed by atoms with van der Waals surface area (Å²) >= 11 is 1.14. The number of aliphatic hydroxyl groups excluding tert-OH is 1. The molecule has 1 rings (SSSR count). The van der Waals surface area contributed by atoms with Crippen LogP contribution in [0.4, 0.5) is 0 Å². The van der Waals surface area contributed by atoms with Crippen molar-refractivity contribution in [2.24, 2.45) is 0 Å². The van der Waals surface area contributed by atoms with Gasteiger partial charge < -0.3 is 5.11 Å². The highest BCUT2D eigenvalue weighted by Crippen LogP contribution is 2.26. The van der Waals surface area contributed by atoms with E-state index >= 15 is 0 Å². The number of hydrogen-bond acceptors (Lipinski definition) is 4. The van der Waals surface area contributed by atoms with Gasteiger partial charge in [-0.3, -0.25) is 0 Å². The predicted octanol–water partition coefficient (Wildman–Crippen LogP) is 2.49. The van der Waals surface area contributed by atoms with E-state index in [1.807, 2.05) is 20.8 Å². The zero-order chi connectivity index (χ0) is 13.8. The Balaban J connectivity index is 3.00. The van der Waals surface area contributed by atoms with Crippen LogP contribution in [0.25, 0.3) is 0 Å². The van der Waals surface area contributed by atoms with Gasteiger partial charge in [-0.1, -0.05) is 20.8 Å². The minimum atomic E-state index is -3.49. The van der Waals surface area contributed by atoms with Crippen molar-refractivity contribution in [2.75, 3.05) is 0 Å². The fraction of sp³-hybridized carbons (Fsp3) is 0.667. The number of hydrogen-bond donors (Lipinski definition) is 2. The number of rotatable bonds is 7. The second-order valence-corrected chi connectivity index (χ2v) is 7.20. The van der Waals surface area contributed by atoms with Gasteiger partial charge in [0, 0.05) is 5.54 Å². The standard InChI is InChI=1S/C12H21NO3S2/c1-4-12(5-2,6-3)13-18(15,16)11-7-10(8-14)9-17-11/h7,9,13-14H,4-6,8H2,1-3H3. The van der Waals surface area contributed by atoms with Gasteiger partial charge in [0.15, 0.2) is 0 Å². The normalized spacial score (nSPS) is 12.9. The van der Waals surface area contributed by atoms with E-state index in [0.717, 1.165) is 30.6 Å². The van der Waals surface area contributed by atoms with E-state index in [2.05, 4.69) is 4.72 Å². The molecule has 1 aromatic rings. The van der Waals surface area contributed by atoms with Crippen LogP contribution in [0.5, 0.6) is 0 Å². The van der Waals surface area contributed by atoms with Gasteiger partial charge in [-0.15, -0.1) is 11.3 Å². The maximum absolute atomic E-state index is 12.3. The maximum Gasteiger partial charge on any atom is 0.250 e. The number of nitrogens with one attached hydrogen (secondary N) is 1. The van der Waals surface area contributed by atoms with Gasteiger partial charge in [0.05, 0.1) is 6.61 Å². The first-order valence-corrected chi connectivity index (χ1v) is 8.51. The third-order valence-electron chi connectivity index (χ3n) is 3.46. The summed E-state index contributed by atoms with van der Waals surface area (Å²) in [5.41, 5.74) is 0.262. The lowest BCUT2D eigenvalue weighted by Gasteiger charge is -2.30. The average Bonchev–Trinajstić information content (AvgIpc) is 2.85. The molecular weight excluding hydrogens is 270 g/mol. The van der Waals surface area contributed by atoms with Gasteiger partial charge in [-0.25, -0.2) is 13.1 Å². The second kappa shape index (κ2) is 6.14. The van der Waals surface area contributed by atoms with Crippen molar-refractivity contribution in [3.63, 3.8) is 0 Å². The number of aliphatic hydroxyl groups is 1. The van der Waals surface area contributed by atoms with Crippen LogP contribution in [0.15, 0.2) is 15.7 Å². The quantitative estimate of drug-likeness (QED) is 0.811. The molecule has 0 spiro atoms. The van der Waals surface area contributed by atoms with E-state index in [1.54, 1.807) is 5.38 Å². The largest absolute Gasteiger partial charge is 0.392 e. The molecule has 0 bridgehead atoms. The van der Waals surface area contributed by atoms with E-state index in [0.29, 0.717) is 5.56 Å². The van der Waals surface area contributed by atoms with Gasteiger partial charge in [0.1, 0.15) is 4.21 Å². The Kier molecular flexibility index (Phi) is 5.33. The molecule has 0 atom stereocenters. The summed E-state index contributed by atoms with van der Waals surface area (Å²) in [7, 11) is -3.49. The highest BCUT2D eigenvalue weighted by atomic mass is 32.2. The minimum Gasteiger partial charge on any atom is -0.392 e. The SMILES string of the molecule is CCC(CC)(CC)NS(=O)(=O)c1cc(CO)cs1. The lowest BCUT2D eigenvalue weighted by Crippen LogP contribution is -2.46. The van der Waals surface area contributed by atoms with Crippen LogP contribution in [-0.2, 0) is 16.6 Å². The fourth-order valence-electron chi connectivity index (χ4n) is 1.88. The van der Waals surface area contributed by atoms with Crippen LogP contribution in [0.3, 0.4) is 0 Å². The molecule has 0 aromatic carbocycles. The van der Waals surface area contributed by atoms with Gasteiger partial charge in [0.25, 0.3) is 10.0 Å². The smallest absolute Gasteiger partial charge is 0.250 e. The summed E-state index contributed by atoms with van der Waals surface area (Å²) in [5, 5.41) is 10.6. The topological polar surface area (TPSA) is 66.4 Å². The molecule has 6 heteroatoms. The molecule has 0 unspecified atom stereocenters. The molecule has 0 amide bonds. The van der Waals surface area contributed by atoms with Crippen LogP contribution < -0.4 is 4.72 Å². The monoisotopic (exact) mass is 291 g/mol. The molecule has 0 radical (unpaired) electrons. The van der Waals surface area contributed by atoms with Gasteiger partial charge in [-0.05, 0) is 36.3 Å². The summed E-state index contributed by atoms with van der Waals surface area (Å²) in [5.74, 6) is 0. The zero-order valence-electron chi connectivity index (χ0n) is 11.1. The van der Waals surface area contributed by atoms with Gasteiger partial charge in [0.2, 0.25) is 0 Å². The Hall–Kier alpha value is -0.430. The van der Waals surface area contributed by atoms with Gasteiger partial charge >= 0.3 is 0 Å². The predicted molar refractivity (Wildman–Crippen MR) is 74.2 cm³/mol. The summed E-state index contributed by atoms with van der Waals surface area (Å²) in [6, 6.07) is 1.53. The molecule has 18 heavy (non-hydrogen) atoms. The van der Waals surface area contributed by atoms with Crippen LogP contribution in [0.2, 0.25) is 0 Å². The van der Waals surface area contributed by atoms with Crippen molar-refractivity contribution >= 4 is 21.4 Å². The third-order valence-corrected chi connectivity index (χ3v) is 6.53. The van der Waals surface area contributed by atoms with Crippen LogP contribution >= 0.6 is 11.3 Å². The molecule has 104 valence electrons. The van der Waals surface area contributed by atoms with Crippen molar-refractivity contribution in [1.29, 1.82) is 0 Å². The van der Waals surface area contributed by atoms with E-state index < -0.39 is 10.0 Å². The molecule has 1 heterocycles. The first-order chi connectivity index (χ1) is 8.43. The second-order valence-electron chi connectivity index (χ2n) is 4.38. The summed E-state index contributed by atoms with van der Waals surface area (Å²) < 4.78 is 27.6. The fourth-order valence-corrected chi connectivity index (χ4v) is 4.69. The first-order valence-electron chi connectivity index (χ1n) is 6.15. The molecule has 0 aliphatic rings. The highest BCUT2D eigenvalue weighted by Gasteiger charge is 2.31. The maximum atomic E-state index is 12.3. The van der Waals surface area contributed by atoms with Crippen LogP contribution in [0, 0.1) is 0 Å². The van der Waals surface area contributed by atoms with E-state index in [1.165, 1.54) is 6.07 Å². The van der Waals surface area contributed by atoms with Crippen molar-refractivity contribution in [3.8, 4) is 0 Å². The third kappa shape index (κ3) is 3.32. The average molecular weight is 291 g/mol. The van der Waals surface area contributed by atoms with Crippen molar-refractivity contribution in [1.82, 2.24) is 4.72 Å². The molecule has 1 aromatic heterocycles. The zero-order valence-corrected chi connectivity index (χ0v) is 12.7. The lowest BCUT2D eigenvalue weighted by molar-refractivity contribution is 0.282. The number of sulfonamides is 1.